The van der Waals surface area contributed by atoms with Gasteiger partial charge in [-0.3, -0.25) is 23.7 Å². The van der Waals surface area contributed by atoms with E-state index in [0.29, 0.717) is 64.0 Å². The van der Waals surface area contributed by atoms with Crippen LogP contribution < -0.4 is 18.9 Å². The van der Waals surface area contributed by atoms with Crippen LogP contribution in [0.25, 0.3) is 0 Å². The van der Waals surface area contributed by atoms with Gasteiger partial charge in [0.15, 0.2) is 23.0 Å². The lowest BCUT2D eigenvalue weighted by Gasteiger charge is -2.19. The van der Waals surface area contributed by atoms with Crippen LogP contribution in [0.4, 0.5) is 0 Å². The third-order valence-corrected chi connectivity index (χ3v) is 15.0. The number of ether oxygens (including phenoxy) is 4. The maximum Gasteiger partial charge on any atom is 0.272 e. The summed E-state index contributed by atoms with van der Waals surface area (Å²) < 4.78 is 93.3. The molecule has 0 aliphatic rings. The first kappa shape index (κ1) is 72.8. The van der Waals surface area contributed by atoms with E-state index in [9.17, 15) is 30.7 Å². The van der Waals surface area contributed by atoms with Crippen LogP contribution in [0.5, 0.6) is 23.0 Å². The quantitative estimate of drug-likeness (QED) is 0.0232. The number of carbonyl (C=O) groups excluding carboxylic acids is 1. The molecule has 21 heteroatoms. The lowest BCUT2D eigenvalue weighted by molar-refractivity contribution is -0.119. The lowest BCUT2D eigenvalue weighted by atomic mass is 10.0. The largest absolute Gasteiger partial charge is 0.493 e. The van der Waals surface area contributed by atoms with Crippen LogP contribution in [0, 0.1) is 0 Å². The van der Waals surface area contributed by atoms with Crippen molar-refractivity contribution < 1.29 is 80.3 Å². The maximum absolute atomic E-state index is 13.3. The molecular formula is C55H100N2O17S2. The van der Waals surface area contributed by atoms with Gasteiger partial charge in [-0.2, -0.15) is 16.8 Å². The molecule has 0 saturated heterocycles. The van der Waals surface area contributed by atoms with Crippen molar-refractivity contribution in [3.8, 4) is 23.0 Å². The highest BCUT2D eigenvalue weighted by Gasteiger charge is 2.34. The van der Waals surface area contributed by atoms with Gasteiger partial charge >= 0.3 is 0 Å². The van der Waals surface area contributed by atoms with Crippen molar-refractivity contribution in [2.24, 2.45) is 0 Å². The van der Waals surface area contributed by atoms with Gasteiger partial charge in [0.1, 0.15) is 16.3 Å². The number of aliphatic hydroxyl groups excluding tert-OH is 6. The Morgan fingerprint density at radius 3 is 0.934 bits per heavy atom. The molecule has 0 fully saturated rings. The van der Waals surface area contributed by atoms with Crippen LogP contribution in [-0.4, -0.2) is 179 Å². The van der Waals surface area contributed by atoms with E-state index in [4.69, 9.17) is 49.6 Å². The Kier molecular flexibility index (Phi) is 44.7. The number of ketones is 1. The second-order valence-electron chi connectivity index (χ2n) is 18.9. The fourth-order valence-corrected chi connectivity index (χ4v) is 10.1. The van der Waals surface area contributed by atoms with E-state index in [2.05, 4.69) is 13.8 Å². The number of aliphatic hydroxyl groups is 6. The zero-order chi connectivity index (χ0) is 56.9. The normalized spacial score (nSPS) is 12.4. The van der Waals surface area contributed by atoms with Gasteiger partial charge in [-0.05, 0) is 48.2 Å². The highest BCUT2D eigenvalue weighted by Crippen LogP contribution is 2.38. The molecule has 76 heavy (non-hydrogen) atoms. The van der Waals surface area contributed by atoms with Gasteiger partial charge in [0.2, 0.25) is 0 Å². The second kappa shape index (κ2) is 46.7. The molecule has 2 aromatic rings. The number of hydrogen-bond donors (Lipinski definition) is 8. The van der Waals surface area contributed by atoms with Gasteiger partial charge < -0.3 is 49.6 Å². The highest BCUT2D eigenvalue weighted by atomic mass is 32.2. The van der Waals surface area contributed by atoms with Crippen LogP contribution in [0.1, 0.15) is 177 Å². The second-order valence-corrected chi connectivity index (χ2v) is 22.1. The number of Topliss-reactive ketones (excluding diaryl/α,β-unsaturated/α-hetero) is 1. The Labute approximate surface area is 456 Å². The number of methoxy groups -OCH3 is 2. The Morgan fingerprint density at radius 2 is 0.697 bits per heavy atom. The summed E-state index contributed by atoms with van der Waals surface area (Å²) in [5, 5.41) is 47.5. The fraction of sp³-hybridized carbons (Fsp3) is 0.764. The lowest BCUT2D eigenvalue weighted by Crippen LogP contribution is -2.32. The fourth-order valence-electron chi connectivity index (χ4n) is 8.36. The zero-order valence-corrected chi connectivity index (χ0v) is 48.2. The molecule has 0 heterocycles. The Morgan fingerprint density at radius 1 is 0.434 bits per heavy atom. The Balaban J connectivity index is 0.00000234. The summed E-state index contributed by atoms with van der Waals surface area (Å²) in [5.41, 5.74) is 0.135. The SMILES string of the molecule is CCCCCCCCCCCCOc1ccc(C(CC(=O)CC(c2ccc(OCCCCCCCCCCCC)c(OC)c2)S(=O)(=O)O)S(=O)(=O)O)cc1OC.OCCN(CCO)CCO.OCCN(CCO)CCO. The van der Waals surface area contributed by atoms with Crippen molar-refractivity contribution in [2.45, 2.75) is 166 Å². The maximum atomic E-state index is 13.3. The van der Waals surface area contributed by atoms with Crippen LogP contribution in [-0.2, 0) is 25.0 Å². The summed E-state index contributed by atoms with van der Waals surface area (Å²) in [5.74, 6) is 0.437. The number of nitrogens with zero attached hydrogens (tertiary/aromatic N) is 2. The number of unbranched alkanes of at least 4 members (excludes halogenated alkanes) is 18. The molecule has 0 spiro atoms. The van der Waals surface area contributed by atoms with Crippen LogP contribution in [0.15, 0.2) is 36.4 Å². The predicted molar refractivity (Wildman–Crippen MR) is 299 cm³/mol. The molecule has 2 aromatic carbocycles. The summed E-state index contributed by atoms with van der Waals surface area (Å²) in [7, 11) is -6.86. The van der Waals surface area contributed by atoms with E-state index in [1.807, 2.05) is 0 Å². The minimum Gasteiger partial charge on any atom is -0.493 e. The topological polar surface area (TPSA) is 291 Å². The van der Waals surface area contributed by atoms with Crippen molar-refractivity contribution in [3.05, 3.63) is 47.5 Å². The number of rotatable bonds is 46. The molecule has 2 atom stereocenters. The van der Waals surface area contributed by atoms with Crippen LogP contribution in [0.3, 0.4) is 0 Å². The molecule has 0 radical (unpaired) electrons. The Hall–Kier alpha value is -3.19. The van der Waals surface area contributed by atoms with Crippen molar-refractivity contribution in [1.29, 1.82) is 0 Å². The summed E-state index contributed by atoms with van der Waals surface area (Å²) in [4.78, 5) is 16.9. The van der Waals surface area contributed by atoms with E-state index >= 15 is 0 Å². The van der Waals surface area contributed by atoms with Crippen molar-refractivity contribution >= 4 is 26.0 Å². The molecule has 2 unspecified atom stereocenters. The molecule has 444 valence electrons. The number of benzene rings is 2. The predicted octanol–water partition coefficient (Wildman–Crippen LogP) is 7.74. The molecular weight excluding hydrogens is 1020 g/mol. The molecule has 2 rings (SSSR count). The first-order valence-electron chi connectivity index (χ1n) is 27.7. The van der Waals surface area contributed by atoms with Gasteiger partial charge in [0.25, 0.3) is 20.2 Å². The first-order valence-corrected chi connectivity index (χ1v) is 30.7. The summed E-state index contributed by atoms with van der Waals surface area (Å²) in [6.07, 6.45) is 22.2. The van der Waals surface area contributed by atoms with Gasteiger partial charge in [0.05, 0.1) is 67.1 Å². The van der Waals surface area contributed by atoms with Gasteiger partial charge in [-0.1, -0.05) is 142 Å². The Bertz CT molecular complexity index is 1780. The molecule has 0 aromatic heterocycles. The highest BCUT2D eigenvalue weighted by molar-refractivity contribution is 7.86. The number of hydrogen-bond acceptors (Lipinski definition) is 17. The molecule has 0 aliphatic carbocycles. The van der Waals surface area contributed by atoms with E-state index in [1.54, 1.807) is 9.80 Å². The third kappa shape index (κ3) is 35.3. The van der Waals surface area contributed by atoms with Crippen molar-refractivity contribution in [2.75, 3.05) is 106 Å². The van der Waals surface area contributed by atoms with Crippen LogP contribution in [0.2, 0.25) is 0 Å². The third-order valence-electron chi connectivity index (χ3n) is 12.7. The van der Waals surface area contributed by atoms with E-state index in [1.165, 1.54) is 141 Å². The van der Waals surface area contributed by atoms with Gasteiger partial charge in [-0.25, -0.2) is 0 Å². The monoisotopic (exact) mass is 1120 g/mol. The van der Waals surface area contributed by atoms with Gasteiger partial charge in [0, 0.05) is 52.1 Å². The average molecular weight is 1130 g/mol. The van der Waals surface area contributed by atoms with E-state index in [0.717, 1.165) is 38.5 Å². The standard InChI is InChI=1S/C43H70O11S2.2C6H15NO3/c1-5-7-9-11-13-15-17-19-21-23-29-53-38-27-25-35(31-40(38)51-3)42(55(45,46)47)33-37(44)34-43(56(48,49)50)36-26-28-39(41(32-36)52-4)54-30-24-22-20-18-16-14-12-10-8-6-2;2*8-4-1-7(2-5-9)3-6-10/h25-28,31-32,42-43H,5-24,29-30,33-34H2,1-4H3,(H,45,46,47)(H,48,49,50);2*8-10H,1-6H2. The number of carbonyl (C=O) groups is 1. The average Bonchev–Trinajstić information content (AvgIpc) is 3.38. The van der Waals surface area contributed by atoms with Crippen LogP contribution >= 0.6 is 0 Å². The smallest absolute Gasteiger partial charge is 0.272 e. The first-order chi connectivity index (χ1) is 36.5. The minimum absolute atomic E-state index is 0.0676. The van der Waals surface area contributed by atoms with Gasteiger partial charge in [-0.15, -0.1) is 0 Å². The zero-order valence-electron chi connectivity index (χ0n) is 46.5. The van der Waals surface area contributed by atoms with E-state index < -0.39 is 49.4 Å². The summed E-state index contributed by atoms with van der Waals surface area (Å²) in [6.45, 7) is 8.83. The minimum atomic E-state index is -4.83. The van der Waals surface area contributed by atoms with Crippen molar-refractivity contribution in [1.82, 2.24) is 9.80 Å². The molecule has 0 saturated carbocycles. The van der Waals surface area contributed by atoms with Crippen molar-refractivity contribution in [3.63, 3.8) is 0 Å². The summed E-state index contributed by atoms with van der Waals surface area (Å²) in [6, 6.07) is 8.70. The molecule has 8 N–H and O–H groups in total. The molecule has 0 aliphatic heterocycles. The summed E-state index contributed by atoms with van der Waals surface area (Å²) >= 11 is 0. The van der Waals surface area contributed by atoms with E-state index in [-0.39, 0.29) is 62.3 Å². The molecule has 0 amide bonds. The molecule has 0 bridgehead atoms. The molecule has 19 nitrogen and oxygen atoms in total.